The molecule has 11 nitrogen and oxygen atoms in total. The molecule has 1 aliphatic heterocycles. The first-order chi connectivity index (χ1) is 23.7. The Labute approximate surface area is 305 Å². The Balaban J connectivity index is 1.45. The molecule has 3 N–H and O–H groups in total. The fourth-order valence-corrected chi connectivity index (χ4v) is 12.5. The monoisotopic (exact) mass is 711 g/mol. The van der Waals surface area contributed by atoms with Crippen LogP contribution in [0, 0.1) is 62.6 Å². The molecule has 0 aromatic carbocycles. The molecule has 51 heavy (non-hydrogen) atoms. The zero-order valence-electron chi connectivity index (χ0n) is 33.4. The maximum Gasteiger partial charge on any atom is 0.307 e. The molecule has 1 unspecified atom stereocenters. The number of carbonyl (C=O) groups is 2. The van der Waals surface area contributed by atoms with Crippen molar-refractivity contribution in [3.05, 3.63) is 11.6 Å². The zero-order chi connectivity index (χ0) is 37.5. The lowest BCUT2D eigenvalue weighted by atomic mass is 9.34. The van der Waals surface area contributed by atoms with E-state index in [1.807, 2.05) is 7.05 Å². The molecule has 2 bridgehead atoms. The third kappa shape index (κ3) is 5.55. The number of carboxylic acid groups (broad SMARTS) is 1. The summed E-state index contributed by atoms with van der Waals surface area (Å²) in [5.41, 5.74) is -0.255. The molecule has 286 valence electrons. The number of aliphatic carboxylic acids is 1. The van der Waals surface area contributed by atoms with Crippen LogP contribution in [0.5, 0.6) is 0 Å². The third-order valence-corrected chi connectivity index (χ3v) is 16.5. The van der Waals surface area contributed by atoms with Gasteiger partial charge in [-0.25, -0.2) is 0 Å². The molecule has 0 radical (unpaired) electrons. The number of allylic oxidation sites excluding steroid dienone is 1. The number of nitrogens with zero attached hydrogens (tertiary/aromatic N) is 4. The Hall–Kier alpha value is -2.37. The highest BCUT2D eigenvalue weighted by atomic mass is 16.5. The third-order valence-electron chi connectivity index (χ3n) is 16.5. The second-order valence-corrected chi connectivity index (χ2v) is 19.3. The molecular weight excluding hydrogens is 644 g/mol. The summed E-state index contributed by atoms with van der Waals surface area (Å²) in [6.07, 6.45) is 7.68. The van der Waals surface area contributed by atoms with E-state index in [0.29, 0.717) is 43.5 Å². The first-order valence-electron chi connectivity index (χ1n) is 19.6. The molecule has 4 aliphatic carbocycles. The minimum absolute atomic E-state index is 0.178. The van der Waals surface area contributed by atoms with E-state index in [4.69, 9.17) is 14.6 Å². The first kappa shape index (κ1) is 38.4. The summed E-state index contributed by atoms with van der Waals surface area (Å²) in [4.78, 5) is 27.1. The van der Waals surface area contributed by atoms with Crippen LogP contribution in [0.15, 0.2) is 11.6 Å². The number of amides is 1. The number of hydrogen-bond acceptors (Lipinski definition) is 8. The molecule has 3 saturated carbocycles. The number of anilines is 1. The van der Waals surface area contributed by atoms with Crippen molar-refractivity contribution in [3.63, 3.8) is 0 Å². The van der Waals surface area contributed by atoms with Gasteiger partial charge < -0.3 is 19.9 Å². The van der Waals surface area contributed by atoms with E-state index in [1.165, 1.54) is 12.5 Å². The number of fused-ring (bicyclic) bond motifs is 3. The van der Waals surface area contributed by atoms with Crippen molar-refractivity contribution in [1.29, 1.82) is 0 Å². The lowest BCUT2D eigenvalue weighted by molar-refractivity contribution is -0.254. The van der Waals surface area contributed by atoms with Gasteiger partial charge in [-0.15, -0.1) is 5.10 Å². The highest BCUT2D eigenvalue weighted by Crippen LogP contribution is 2.75. The summed E-state index contributed by atoms with van der Waals surface area (Å²) in [6, 6.07) is -0.243. The van der Waals surface area contributed by atoms with Gasteiger partial charge in [0.05, 0.1) is 31.8 Å². The van der Waals surface area contributed by atoms with E-state index in [0.717, 1.165) is 38.5 Å². The van der Waals surface area contributed by atoms with Crippen molar-refractivity contribution in [2.24, 2.45) is 62.6 Å². The first-order valence-corrected chi connectivity index (χ1v) is 19.6. The quantitative estimate of drug-likeness (QED) is 0.224. The van der Waals surface area contributed by atoms with Gasteiger partial charge in [0.25, 0.3) is 5.95 Å². The molecule has 1 aromatic heterocycles. The highest BCUT2D eigenvalue weighted by Gasteiger charge is 2.72. The van der Waals surface area contributed by atoms with Crippen LogP contribution in [0.4, 0.5) is 5.95 Å². The maximum atomic E-state index is 13.5. The molecule has 1 amide bonds. The van der Waals surface area contributed by atoms with Crippen LogP contribution >= 0.6 is 0 Å². The average molecular weight is 711 g/mol. The second kappa shape index (κ2) is 12.9. The van der Waals surface area contributed by atoms with Crippen LogP contribution in [0.25, 0.3) is 0 Å². The van der Waals surface area contributed by atoms with Gasteiger partial charge in [-0.1, -0.05) is 79.1 Å². The molecule has 1 saturated heterocycles. The summed E-state index contributed by atoms with van der Waals surface area (Å²) >= 11 is 0. The number of nitrogens with one attached hydrogen (secondary N) is 2. The van der Waals surface area contributed by atoms with E-state index < -0.39 is 11.9 Å². The maximum absolute atomic E-state index is 13.5. The van der Waals surface area contributed by atoms with Crippen LogP contribution in [0.2, 0.25) is 0 Å². The van der Waals surface area contributed by atoms with E-state index in [1.54, 1.807) is 4.80 Å². The highest BCUT2D eigenvalue weighted by molar-refractivity contribution is 5.86. The van der Waals surface area contributed by atoms with Gasteiger partial charge >= 0.3 is 5.97 Å². The fraction of sp³-hybridized carbons (Fsp3) is 0.875. The number of rotatable bonds is 10. The minimum Gasteiger partial charge on any atom is -0.481 e. The van der Waals surface area contributed by atoms with Crippen LogP contribution in [0.1, 0.15) is 121 Å². The largest absolute Gasteiger partial charge is 0.481 e. The van der Waals surface area contributed by atoms with Crippen molar-refractivity contribution in [1.82, 2.24) is 25.5 Å². The van der Waals surface area contributed by atoms with Crippen LogP contribution in [-0.2, 0) is 19.1 Å². The summed E-state index contributed by atoms with van der Waals surface area (Å²) in [6.45, 7) is 25.9. The smallest absolute Gasteiger partial charge is 0.307 e. The van der Waals surface area contributed by atoms with Crippen LogP contribution < -0.4 is 10.6 Å². The molecule has 5 aliphatic rings. The Kier molecular flexibility index (Phi) is 9.70. The van der Waals surface area contributed by atoms with Crippen molar-refractivity contribution in [2.45, 2.75) is 132 Å². The molecule has 4 fully saturated rings. The van der Waals surface area contributed by atoms with Gasteiger partial charge in [0, 0.05) is 23.3 Å². The normalized spacial score (nSPS) is 42.2. The Morgan fingerprint density at radius 1 is 1.10 bits per heavy atom. The lowest BCUT2D eigenvalue weighted by Gasteiger charge is -2.71. The lowest BCUT2D eigenvalue weighted by Crippen LogP contribution is -2.69. The predicted molar refractivity (Wildman–Crippen MR) is 197 cm³/mol. The molecule has 1 aromatic rings. The van der Waals surface area contributed by atoms with E-state index in [2.05, 4.69) is 96.3 Å². The summed E-state index contributed by atoms with van der Waals surface area (Å²) < 4.78 is 13.8. The molecule has 6 rings (SSSR count). The zero-order valence-corrected chi connectivity index (χ0v) is 33.4. The van der Waals surface area contributed by atoms with Crippen molar-refractivity contribution >= 4 is 17.8 Å². The molecule has 2 heterocycles. The van der Waals surface area contributed by atoms with Gasteiger partial charge in [-0.3, -0.25) is 14.9 Å². The van der Waals surface area contributed by atoms with Crippen molar-refractivity contribution in [3.8, 4) is 0 Å². The van der Waals surface area contributed by atoms with Crippen LogP contribution in [-0.4, -0.2) is 75.7 Å². The minimum atomic E-state index is -0.643. The number of carbonyl (C=O) groups excluding carboxylic acids is 1. The molecule has 11 heteroatoms. The van der Waals surface area contributed by atoms with Gasteiger partial charge in [-0.2, -0.15) is 4.80 Å². The van der Waals surface area contributed by atoms with Gasteiger partial charge in [-0.05, 0) is 104 Å². The van der Waals surface area contributed by atoms with E-state index in [9.17, 15) is 14.7 Å². The Bertz CT molecular complexity index is 1540. The number of ether oxygens (including phenoxy) is 2. The van der Waals surface area contributed by atoms with Gasteiger partial charge in [0.1, 0.15) is 6.04 Å². The van der Waals surface area contributed by atoms with E-state index >= 15 is 0 Å². The summed E-state index contributed by atoms with van der Waals surface area (Å²) in [5.74, 6) is 0.477. The molecule has 12 atom stereocenters. The van der Waals surface area contributed by atoms with Gasteiger partial charge in [0.15, 0.2) is 0 Å². The second-order valence-electron chi connectivity index (χ2n) is 19.3. The summed E-state index contributed by atoms with van der Waals surface area (Å²) in [7, 11) is 1.99. The van der Waals surface area contributed by atoms with Crippen LogP contribution in [0.3, 0.4) is 0 Å². The fourth-order valence-electron chi connectivity index (χ4n) is 12.5. The topological polar surface area (TPSA) is 140 Å². The Morgan fingerprint density at radius 2 is 1.80 bits per heavy atom. The van der Waals surface area contributed by atoms with Crippen molar-refractivity contribution < 1.29 is 24.2 Å². The number of likely N-dealkylation sites (N-methyl/N-ethyl adjacent to an activating group) is 1. The predicted octanol–water partition coefficient (Wildman–Crippen LogP) is 6.78. The molecular formula is C40H66N6O5. The average Bonchev–Trinajstić information content (AvgIpc) is 3.51. The number of hydrogen-bond donors (Lipinski definition) is 3. The van der Waals surface area contributed by atoms with Crippen molar-refractivity contribution in [2.75, 3.05) is 32.2 Å². The standard InChI is InChI=1S/C40H66N6O5/c1-23(2)25(5)35(7)17-18-37(9)27-13-14-30-36(8)20-50-22-40(30,28(27)15-16-38(37,10)31(35)33(48)49)19-29(46-44-34(43-45-46)42-26(6)47)32(36)51-21-39(11,41-12)24(3)4/h15,23-25,27,29-32,41H,13-14,16-22H2,1-12H3,(H,48,49)(H,42,44,47)/t25-,27+,29-,30+,31?,32+,35-,36+,37-,38+,39+,40+/m1/s1. The summed E-state index contributed by atoms with van der Waals surface area (Å²) in [5, 5.41) is 30.8. The van der Waals surface area contributed by atoms with Gasteiger partial charge in [0.2, 0.25) is 5.91 Å². The number of tetrazole rings is 1. The number of carboxylic acids is 1. The Morgan fingerprint density at radius 3 is 2.41 bits per heavy atom. The SMILES string of the molecule is CN[C@@](C)(CO[C@H]1[C@H](n2nnc(NC(C)=O)n2)C[C@@]23COC[C@@]1(C)[C@@H]2CC[C@H]1C3=CC[C@@]2(C)C(C(=O)O)[C@@](C)([C@H](C)C(C)C)CC[C@]12C)C(C)C. The van der Waals surface area contributed by atoms with E-state index in [-0.39, 0.29) is 62.5 Å². The number of aromatic nitrogens is 4. The molecule has 0 spiro atoms.